The first-order valence-corrected chi connectivity index (χ1v) is 7.41. The maximum atomic E-state index is 6.13. The van der Waals surface area contributed by atoms with E-state index in [1.54, 1.807) is 0 Å². The minimum absolute atomic E-state index is 0.329. The molecule has 3 heteroatoms. The molecular weight excluding hydrogens is 210 g/mol. The maximum Gasteiger partial charge on any atom is 0.0356 e. The molecule has 0 bridgehead atoms. The van der Waals surface area contributed by atoms with Gasteiger partial charge >= 0.3 is 0 Å². The van der Waals surface area contributed by atoms with E-state index in [1.165, 1.54) is 58.4 Å². The molecule has 2 rings (SSSR count). The Bertz CT molecular complexity index is 234. The molecule has 1 unspecified atom stereocenters. The topological polar surface area (TPSA) is 32.5 Å². The normalized spacial score (nSPS) is 30.9. The van der Waals surface area contributed by atoms with Crippen LogP contribution in [-0.4, -0.2) is 54.6 Å². The zero-order chi connectivity index (χ0) is 12.3. The number of nitrogens with two attached hydrogens (primary N) is 1. The Balaban J connectivity index is 1.96. The van der Waals surface area contributed by atoms with Crippen LogP contribution in [0.2, 0.25) is 0 Å². The summed E-state index contributed by atoms with van der Waals surface area (Å²) < 4.78 is 0. The van der Waals surface area contributed by atoms with Crippen molar-refractivity contribution in [2.45, 2.75) is 45.1 Å². The molecule has 2 heterocycles. The number of hydrogen-bond donors (Lipinski definition) is 1. The second-order valence-corrected chi connectivity index (χ2v) is 5.87. The van der Waals surface area contributed by atoms with E-state index in [4.69, 9.17) is 5.73 Å². The largest absolute Gasteiger partial charge is 0.329 e. The summed E-state index contributed by atoms with van der Waals surface area (Å²) in [6, 6.07) is 0. The van der Waals surface area contributed by atoms with Gasteiger partial charge in [0.2, 0.25) is 0 Å². The molecule has 2 fully saturated rings. The summed E-state index contributed by atoms with van der Waals surface area (Å²) in [5, 5.41) is 0. The third-order valence-electron chi connectivity index (χ3n) is 5.15. The Hall–Kier alpha value is -0.120. The molecule has 0 saturated carbocycles. The first-order chi connectivity index (χ1) is 8.24. The molecule has 3 nitrogen and oxygen atoms in total. The molecule has 0 spiro atoms. The molecule has 2 saturated heterocycles. The van der Waals surface area contributed by atoms with Gasteiger partial charge < -0.3 is 10.6 Å². The smallest absolute Gasteiger partial charge is 0.0356 e. The highest BCUT2D eigenvalue weighted by Gasteiger charge is 2.41. The number of hydrogen-bond acceptors (Lipinski definition) is 3. The van der Waals surface area contributed by atoms with Crippen LogP contribution in [0.15, 0.2) is 0 Å². The van der Waals surface area contributed by atoms with Crippen LogP contribution in [0, 0.1) is 5.92 Å². The van der Waals surface area contributed by atoms with Gasteiger partial charge in [0.05, 0.1) is 0 Å². The fourth-order valence-electron chi connectivity index (χ4n) is 3.53. The number of piperidine rings is 1. The third-order valence-corrected chi connectivity index (χ3v) is 5.15. The van der Waals surface area contributed by atoms with Crippen molar-refractivity contribution in [1.29, 1.82) is 0 Å². The quantitative estimate of drug-likeness (QED) is 0.807. The van der Waals surface area contributed by atoms with E-state index in [0.29, 0.717) is 5.54 Å². The van der Waals surface area contributed by atoms with Gasteiger partial charge in [0.1, 0.15) is 0 Å². The van der Waals surface area contributed by atoms with Crippen LogP contribution in [0.3, 0.4) is 0 Å². The average molecular weight is 239 g/mol. The van der Waals surface area contributed by atoms with Crippen molar-refractivity contribution in [3.8, 4) is 0 Å². The van der Waals surface area contributed by atoms with E-state index < -0.39 is 0 Å². The summed E-state index contributed by atoms with van der Waals surface area (Å²) in [6.45, 7) is 11.7. The van der Waals surface area contributed by atoms with Crippen LogP contribution < -0.4 is 5.73 Å². The Morgan fingerprint density at radius 2 is 1.88 bits per heavy atom. The van der Waals surface area contributed by atoms with Gasteiger partial charge in [-0.15, -0.1) is 0 Å². The monoisotopic (exact) mass is 239 g/mol. The lowest BCUT2D eigenvalue weighted by atomic mass is 9.85. The van der Waals surface area contributed by atoms with E-state index >= 15 is 0 Å². The molecule has 0 aromatic carbocycles. The Morgan fingerprint density at radius 3 is 2.35 bits per heavy atom. The van der Waals surface area contributed by atoms with Gasteiger partial charge in [-0.2, -0.15) is 0 Å². The van der Waals surface area contributed by atoms with E-state index in [9.17, 15) is 0 Å². The molecule has 0 aromatic rings. The van der Waals surface area contributed by atoms with Crippen molar-refractivity contribution >= 4 is 0 Å². The summed E-state index contributed by atoms with van der Waals surface area (Å²) >= 11 is 0. The molecule has 1 atom stereocenters. The average Bonchev–Trinajstić information content (AvgIpc) is 2.88. The minimum atomic E-state index is 0.329. The standard InChI is InChI=1S/C14H29N3/c1-3-13-5-8-17(11-13)14(12-15)6-9-16(4-2)10-7-14/h13H,3-12,15H2,1-2H3. The predicted octanol–water partition coefficient (Wildman–Crippen LogP) is 1.53. The molecule has 0 amide bonds. The van der Waals surface area contributed by atoms with Crippen molar-refractivity contribution < 1.29 is 0 Å². The Morgan fingerprint density at radius 1 is 1.18 bits per heavy atom. The zero-order valence-corrected chi connectivity index (χ0v) is 11.6. The Kier molecular flexibility index (Phi) is 4.45. The third kappa shape index (κ3) is 2.67. The number of nitrogens with zero attached hydrogens (tertiary/aromatic N) is 2. The first kappa shape index (κ1) is 13.3. The van der Waals surface area contributed by atoms with Crippen LogP contribution in [0.1, 0.15) is 39.5 Å². The lowest BCUT2D eigenvalue weighted by molar-refractivity contribution is 0.0427. The lowest BCUT2D eigenvalue weighted by Crippen LogP contribution is -2.58. The molecule has 2 aliphatic rings. The second-order valence-electron chi connectivity index (χ2n) is 5.87. The SMILES string of the molecule is CCC1CCN(C2(CN)CCN(CC)CC2)C1. The lowest BCUT2D eigenvalue weighted by Gasteiger charge is -2.47. The highest BCUT2D eigenvalue weighted by Crippen LogP contribution is 2.33. The Labute approximate surface area is 106 Å². The molecular formula is C14H29N3. The zero-order valence-electron chi connectivity index (χ0n) is 11.6. The summed E-state index contributed by atoms with van der Waals surface area (Å²) in [6.07, 6.45) is 5.26. The summed E-state index contributed by atoms with van der Waals surface area (Å²) in [7, 11) is 0. The van der Waals surface area contributed by atoms with Crippen molar-refractivity contribution in [1.82, 2.24) is 9.80 Å². The molecule has 0 aromatic heterocycles. The van der Waals surface area contributed by atoms with Crippen LogP contribution in [0.25, 0.3) is 0 Å². The first-order valence-electron chi connectivity index (χ1n) is 7.41. The van der Waals surface area contributed by atoms with E-state index in [2.05, 4.69) is 23.6 Å². The van der Waals surface area contributed by atoms with Gasteiger partial charge in [-0.3, -0.25) is 4.90 Å². The minimum Gasteiger partial charge on any atom is -0.329 e. The van der Waals surface area contributed by atoms with Crippen molar-refractivity contribution in [3.63, 3.8) is 0 Å². The molecule has 17 heavy (non-hydrogen) atoms. The van der Waals surface area contributed by atoms with Crippen molar-refractivity contribution in [3.05, 3.63) is 0 Å². The summed E-state index contributed by atoms with van der Waals surface area (Å²) in [5.74, 6) is 0.919. The summed E-state index contributed by atoms with van der Waals surface area (Å²) in [4.78, 5) is 5.27. The van der Waals surface area contributed by atoms with E-state index in [1.807, 2.05) is 0 Å². The number of rotatable bonds is 4. The maximum absolute atomic E-state index is 6.13. The fraction of sp³-hybridized carbons (Fsp3) is 1.00. The van der Waals surface area contributed by atoms with Gasteiger partial charge in [-0.1, -0.05) is 20.3 Å². The van der Waals surface area contributed by atoms with Crippen LogP contribution in [-0.2, 0) is 0 Å². The highest BCUT2D eigenvalue weighted by molar-refractivity contribution is 4.98. The van der Waals surface area contributed by atoms with Gasteiger partial charge in [0, 0.05) is 18.6 Å². The van der Waals surface area contributed by atoms with E-state index in [0.717, 1.165) is 12.5 Å². The van der Waals surface area contributed by atoms with Crippen LogP contribution >= 0.6 is 0 Å². The molecule has 100 valence electrons. The van der Waals surface area contributed by atoms with Gasteiger partial charge in [-0.25, -0.2) is 0 Å². The fourth-order valence-corrected chi connectivity index (χ4v) is 3.53. The molecule has 0 aliphatic carbocycles. The predicted molar refractivity (Wildman–Crippen MR) is 73.1 cm³/mol. The van der Waals surface area contributed by atoms with Crippen molar-refractivity contribution in [2.75, 3.05) is 39.3 Å². The van der Waals surface area contributed by atoms with E-state index in [-0.39, 0.29) is 0 Å². The van der Waals surface area contributed by atoms with Gasteiger partial charge in [0.25, 0.3) is 0 Å². The van der Waals surface area contributed by atoms with Crippen molar-refractivity contribution in [2.24, 2.45) is 11.7 Å². The molecule has 2 N–H and O–H groups in total. The van der Waals surface area contributed by atoms with Crippen LogP contribution in [0.5, 0.6) is 0 Å². The van der Waals surface area contributed by atoms with Crippen LogP contribution in [0.4, 0.5) is 0 Å². The molecule has 2 aliphatic heterocycles. The molecule has 0 radical (unpaired) electrons. The summed E-state index contributed by atoms with van der Waals surface area (Å²) in [5.41, 5.74) is 6.46. The van der Waals surface area contributed by atoms with Gasteiger partial charge in [-0.05, 0) is 51.4 Å². The highest BCUT2D eigenvalue weighted by atomic mass is 15.3. The second kappa shape index (κ2) is 5.68. The number of likely N-dealkylation sites (tertiary alicyclic amines) is 2. The van der Waals surface area contributed by atoms with Gasteiger partial charge in [0.15, 0.2) is 0 Å².